The molecule has 1 N–H and O–H groups in total. The fourth-order valence-electron chi connectivity index (χ4n) is 4.94. The van der Waals surface area contributed by atoms with Crippen LogP contribution in [0.3, 0.4) is 0 Å². The van der Waals surface area contributed by atoms with Gasteiger partial charge in [-0.3, -0.25) is 4.79 Å². The third-order valence-corrected chi connectivity index (χ3v) is 7.57. The van der Waals surface area contributed by atoms with Gasteiger partial charge in [0, 0.05) is 21.7 Å². The smallest absolute Gasteiger partial charge is 0.272 e. The van der Waals surface area contributed by atoms with Crippen LogP contribution in [-0.4, -0.2) is 21.7 Å². The zero-order valence-electron chi connectivity index (χ0n) is 20.2. The largest absolute Gasteiger partial charge is 0.348 e. The van der Waals surface area contributed by atoms with Crippen LogP contribution in [0.4, 0.5) is 0 Å². The number of rotatable bonds is 6. The van der Waals surface area contributed by atoms with E-state index in [-0.39, 0.29) is 11.9 Å². The van der Waals surface area contributed by atoms with Gasteiger partial charge >= 0.3 is 0 Å². The predicted molar refractivity (Wildman–Crippen MR) is 147 cm³/mol. The molecule has 1 fully saturated rings. The molecular weight excluding hydrogens is 501 g/mol. The number of hydrogen-bond donors (Lipinski definition) is 1. The Morgan fingerprint density at radius 2 is 1.80 bits per heavy atom. The molecule has 35 heavy (non-hydrogen) atoms. The van der Waals surface area contributed by atoms with Gasteiger partial charge in [0.2, 0.25) is 0 Å². The van der Waals surface area contributed by atoms with Crippen LogP contribution >= 0.6 is 34.8 Å². The minimum Gasteiger partial charge on any atom is -0.348 e. The van der Waals surface area contributed by atoms with Crippen molar-refractivity contribution in [2.45, 2.75) is 58.9 Å². The summed E-state index contributed by atoms with van der Waals surface area (Å²) in [7, 11) is 0. The third kappa shape index (κ3) is 5.94. The molecule has 4 nitrogen and oxygen atoms in total. The van der Waals surface area contributed by atoms with Crippen molar-refractivity contribution in [1.82, 2.24) is 15.1 Å². The van der Waals surface area contributed by atoms with Crippen molar-refractivity contribution in [1.29, 1.82) is 0 Å². The van der Waals surface area contributed by atoms with Crippen LogP contribution in [0.5, 0.6) is 0 Å². The number of carbonyl (C=O) groups is 1. The van der Waals surface area contributed by atoms with Gasteiger partial charge in [0.25, 0.3) is 5.91 Å². The van der Waals surface area contributed by atoms with Crippen LogP contribution in [0.1, 0.15) is 73.3 Å². The van der Waals surface area contributed by atoms with Crippen molar-refractivity contribution >= 4 is 52.4 Å². The molecule has 7 heteroatoms. The number of aromatic nitrogens is 2. The van der Waals surface area contributed by atoms with E-state index in [1.807, 2.05) is 50.3 Å². The molecule has 0 radical (unpaired) electrons. The van der Waals surface area contributed by atoms with E-state index in [1.54, 1.807) is 16.8 Å². The van der Waals surface area contributed by atoms with Gasteiger partial charge in [-0.1, -0.05) is 66.2 Å². The van der Waals surface area contributed by atoms with E-state index in [9.17, 15) is 4.79 Å². The second-order valence-corrected chi connectivity index (χ2v) is 10.7. The number of amides is 1. The highest BCUT2D eigenvalue weighted by molar-refractivity contribution is 6.35. The number of benzene rings is 2. The first kappa shape index (κ1) is 25.8. The van der Waals surface area contributed by atoms with E-state index in [0.29, 0.717) is 32.4 Å². The molecule has 184 valence electrons. The number of halogens is 3. The molecule has 1 unspecified atom stereocenters. The number of allylic oxidation sites excluding steroid dienone is 1. The molecule has 0 bridgehead atoms. The first-order chi connectivity index (χ1) is 16.7. The molecule has 1 aliphatic rings. The Kier molecular flexibility index (Phi) is 8.26. The van der Waals surface area contributed by atoms with Crippen molar-refractivity contribution in [2.75, 3.05) is 0 Å². The normalized spacial score (nSPS) is 15.8. The summed E-state index contributed by atoms with van der Waals surface area (Å²) < 4.78 is 1.74. The summed E-state index contributed by atoms with van der Waals surface area (Å²) >= 11 is 18.9. The van der Waals surface area contributed by atoms with Crippen molar-refractivity contribution in [3.8, 4) is 5.69 Å². The van der Waals surface area contributed by atoms with Crippen molar-refractivity contribution in [3.63, 3.8) is 0 Å². The SMILES string of the molecule is C/C(=C\c1cccc(Cl)c1)c1c(C)c(C(=O)NC(C)C2CCCCC2)nn1-c1ccc(Cl)cc1Cl. The highest BCUT2D eigenvalue weighted by Gasteiger charge is 2.26. The number of nitrogens with one attached hydrogen (secondary N) is 1. The molecule has 1 aromatic heterocycles. The van der Waals surface area contributed by atoms with Gasteiger partial charge in [0.1, 0.15) is 0 Å². The maximum atomic E-state index is 13.4. The van der Waals surface area contributed by atoms with Gasteiger partial charge in [0.15, 0.2) is 5.69 Å². The lowest BCUT2D eigenvalue weighted by atomic mass is 9.84. The molecule has 1 heterocycles. The molecule has 1 atom stereocenters. The molecule has 1 amide bonds. The molecular formula is C28H30Cl3N3O. The van der Waals surface area contributed by atoms with E-state index >= 15 is 0 Å². The first-order valence-corrected chi connectivity index (χ1v) is 13.2. The molecule has 0 aliphatic heterocycles. The van der Waals surface area contributed by atoms with Crippen molar-refractivity contribution in [3.05, 3.63) is 80.0 Å². The van der Waals surface area contributed by atoms with E-state index in [1.165, 1.54) is 19.3 Å². The lowest BCUT2D eigenvalue weighted by molar-refractivity contribution is 0.0913. The monoisotopic (exact) mass is 529 g/mol. The average Bonchev–Trinajstić information content (AvgIpc) is 3.16. The Morgan fingerprint density at radius 1 is 1.09 bits per heavy atom. The van der Waals surface area contributed by atoms with Gasteiger partial charge in [0.05, 0.1) is 16.4 Å². The predicted octanol–water partition coefficient (Wildman–Crippen LogP) is 8.40. The topological polar surface area (TPSA) is 46.9 Å². The standard InChI is InChI=1S/C28H30Cl3N3O/c1-17(14-20-8-7-11-22(29)15-20)27-18(2)26(28(35)32-19(3)21-9-5-4-6-10-21)33-34(27)25-13-12-23(30)16-24(25)31/h7-8,11-16,19,21H,4-6,9-10H2,1-3H3,(H,32,35)/b17-14+. The summed E-state index contributed by atoms with van der Waals surface area (Å²) in [5.41, 5.74) is 4.55. The van der Waals surface area contributed by atoms with Crippen LogP contribution < -0.4 is 5.32 Å². The Hall–Kier alpha value is -2.27. The Labute approximate surface area is 222 Å². The van der Waals surface area contributed by atoms with E-state index in [4.69, 9.17) is 39.9 Å². The van der Waals surface area contributed by atoms with Crippen molar-refractivity contribution in [2.24, 2.45) is 5.92 Å². The van der Waals surface area contributed by atoms with Crippen LogP contribution in [0.2, 0.25) is 15.1 Å². The molecule has 3 aromatic rings. The minimum absolute atomic E-state index is 0.0954. The molecule has 1 aliphatic carbocycles. The maximum Gasteiger partial charge on any atom is 0.272 e. The van der Waals surface area contributed by atoms with Crippen LogP contribution in [0, 0.1) is 12.8 Å². The van der Waals surface area contributed by atoms with Crippen LogP contribution in [0.25, 0.3) is 17.3 Å². The van der Waals surface area contributed by atoms with Gasteiger partial charge in [-0.2, -0.15) is 5.10 Å². The molecule has 0 saturated heterocycles. The maximum absolute atomic E-state index is 13.4. The highest BCUT2D eigenvalue weighted by atomic mass is 35.5. The molecule has 2 aromatic carbocycles. The third-order valence-electron chi connectivity index (χ3n) is 6.80. The Morgan fingerprint density at radius 3 is 2.49 bits per heavy atom. The summed E-state index contributed by atoms with van der Waals surface area (Å²) in [6.07, 6.45) is 8.08. The van der Waals surface area contributed by atoms with Crippen molar-refractivity contribution < 1.29 is 4.79 Å². The summed E-state index contributed by atoms with van der Waals surface area (Å²) in [6, 6.07) is 13.0. The van der Waals surface area contributed by atoms with Gasteiger partial charge in [-0.05, 0) is 87.1 Å². The quantitative estimate of drug-likeness (QED) is 0.348. The van der Waals surface area contributed by atoms with E-state index < -0.39 is 0 Å². The summed E-state index contributed by atoms with van der Waals surface area (Å²) in [4.78, 5) is 13.4. The average molecular weight is 531 g/mol. The van der Waals surface area contributed by atoms with E-state index in [2.05, 4.69) is 12.2 Å². The molecule has 4 rings (SSSR count). The zero-order chi connectivity index (χ0) is 25.1. The lowest BCUT2D eigenvalue weighted by Gasteiger charge is -2.28. The second-order valence-electron chi connectivity index (χ2n) is 9.37. The van der Waals surface area contributed by atoms with Gasteiger partial charge in [-0.15, -0.1) is 0 Å². The van der Waals surface area contributed by atoms with Crippen LogP contribution in [0.15, 0.2) is 42.5 Å². The first-order valence-electron chi connectivity index (χ1n) is 12.0. The summed E-state index contributed by atoms with van der Waals surface area (Å²) in [6.45, 7) is 6.03. The fraction of sp³-hybridized carbons (Fsp3) is 0.357. The Balaban J connectivity index is 1.76. The minimum atomic E-state index is -0.166. The highest BCUT2D eigenvalue weighted by Crippen LogP contribution is 2.32. The summed E-state index contributed by atoms with van der Waals surface area (Å²) in [5, 5.41) is 9.63. The molecule has 1 saturated carbocycles. The Bertz CT molecular complexity index is 1260. The zero-order valence-corrected chi connectivity index (χ0v) is 22.5. The van der Waals surface area contributed by atoms with Crippen LogP contribution in [-0.2, 0) is 0 Å². The number of hydrogen-bond acceptors (Lipinski definition) is 2. The number of carbonyl (C=O) groups excluding carboxylic acids is 1. The molecule has 0 spiro atoms. The second kappa shape index (κ2) is 11.2. The van der Waals surface area contributed by atoms with Gasteiger partial charge < -0.3 is 5.32 Å². The van der Waals surface area contributed by atoms with E-state index in [0.717, 1.165) is 35.2 Å². The number of nitrogens with zero attached hydrogens (tertiary/aromatic N) is 2. The fourth-order valence-corrected chi connectivity index (χ4v) is 5.63. The summed E-state index contributed by atoms with van der Waals surface area (Å²) in [5.74, 6) is 0.339. The van der Waals surface area contributed by atoms with Gasteiger partial charge in [-0.25, -0.2) is 4.68 Å². The lowest BCUT2D eigenvalue weighted by Crippen LogP contribution is -2.39.